The minimum atomic E-state index is -3.77. The van der Waals surface area contributed by atoms with E-state index in [1.807, 2.05) is 6.92 Å². The van der Waals surface area contributed by atoms with Crippen molar-refractivity contribution in [1.82, 2.24) is 5.32 Å². The van der Waals surface area contributed by atoms with E-state index in [1.54, 1.807) is 37.3 Å². The summed E-state index contributed by atoms with van der Waals surface area (Å²) in [5.41, 5.74) is 1.25. The molecule has 0 bridgehead atoms. The molecule has 1 aliphatic carbocycles. The Kier molecular flexibility index (Phi) is 7.26. The molecule has 0 aromatic heterocycles. The summed E-state index contributed by atoms with van der Waals surface area (Å²) in [5.74, 6) is 0.273. The van der Waals surface area contributed by atoms with Crippen molar-refractivity contribution in [2.24, 2.45) is 0 Å². The SMILES string of the molecule is Cc1ccc(NS(=O)(=O)c2ccc(O[C@H](C)C(=O)NC3CCCCC3)cc2)cc1Cl. The molecule has 0 spiro atoms. The number of sulfonamides is 1. The maximum atomic E-state index is 12.6. The second-order valence-electron chi connectivity index (χ2n) is 7.64. The lowest BCUT2D eigenvalue weighted by atomic mass is 9.95. The summed E-state index contributed by atoms with van der Waals surface area (Å²) in [6.45, 7) is 3.53. The number of aryl methyl sites for hydroxylation is 1. The lowest BCUT2D eigenvalue weighted by Gasteiger charge is -2.24. The van der Waals surface area contributed by atoms with Crippen LogP contribution in [0.25, 0.3) is 0 Å². The first-order valence-electron chi connectivity index (χ1n) is 10.1. The summed E-state index contributed by atoms with van der Waals surface area (Å²) < 4.78 is 33.4. The van der Waals surface area contributed by atoms with Crippen LogP contribution in [0, 0.1) is 6.92 Å². The number of hydrogen-bond acceptors (Lipinski definition) is 4. The molecule has 6 nitrogen and oxygen atoms in total. The maximum absolute atomic E-state index is 12.6. The highest BCUT2D eigenvalue weighted by atomic mass is 35.5. The molecule has 1 atom stereocenters. The fourth-order valence-corrected chi connectivity index (χ4v) is 4.62. The zero-order valence-corrected chi connectivity index (χ0v) is 18.7. The van der Waals surface area contributed by atoms with Gasteiger partial charge in [0.1, 0.15) is 5.75 Å². The summed E-state index contributed by atoms with van der Waals surface area (Å²) in [5, 5.41) is 3.52. The highest BCUT2D eigenvalue weighted by molar-refractivity contribution is 7.92. The van der Waals surface area contributed by atoms with E-state index >= 15 is 0 Å². The van der Waals surface area contributed by atoms with E-state index < -0.39 is 16.1 Å². The summed E-state index contributed by atoms with van der Waals surface area (Å²) in [7, 11) is -3.77. The number of halogens is 1. The van der Waals surface area contributed by atoms with Crippen LogP contribution in [0.4, 0.5) is 5.69 Å². The number of ether oxygens (including phenoxy) is 1. The number of carbonyl (C=O) groups excluding carboxylic acids is 1. The van der Waals surface area contributed by atoms with Crippen molar-refractivity contribution in [3.05, 3.63) is 53.1 Å². The Labute approximate surface area is 183 Å². The molecule has 1 fully saturated rings. The molecule has 1 amide bonds. The molecule has 0 saturated heterocycles. The van der Waals surface area contributed by atoms with Crippen LogP contribution in [-0.4, -0.2) is 26.5 Å². The van der Waals surface area contributed by atoms with E-state index in [-0.39, 0.29) is 16.8 Å². The Morgan fingerprint density at radius 2 is 1.77 bits per heavy atom. The molecule has 0 heterocycles. The topological polar surface area (TPSA) is 84.5 Å². The van der Waals surface area contributed by atoms with E-state index in [9.17, 15) is 13.2 Å². The monoisotopic (exact) mass is 450 g/mol. The average Bonchev–Trinajstić information content (AvgIpc) is 2.71. The number of hydrogen-bond donors (Lipinski definition) is 2. The van der Waals surface area contributed by atoms with Crippen LogP contribution in [0.3, 0.4) is 0 Å². The zero-order chi connectivity index (χ0) is 21.7. The second kappa shape index (κ2) is 9.71. The minimum Gasteiger partial charge on any atom is -0.481 e. The smallest absolute Gasteiger partial charge is 0.261 e. The lowest BCUT2D eigenvalue weighted by molar-refractivity contribution is -0.128. The van der Waals surface area contributed by atoms with E-state index in [1.165, 1.54) is 18.6 Å². The van der Waals surface area contributed by atoms with Crippen LogP contribution in [0.2, 0.25) is 5.02 Å². The Balaban J connectivity index is 1.60. The van der Waals surface area contributed by atoms with Crippen LogP contribution in [0.15, 0.2) is 47.4 Å². The van der Waals surface area contributed by atoms with Gasteiger partial charge in [0.15, 0.2) is 6.10 Å². The summed E-state index contributed by atoms with van der Waals surface area (Å²) in [6.07, 6.45) is 4.84. The van der Waals surface area contributed by atoms with Gasteiger partial charge in [-0.25, -0.2) is 8.42 Å². The lowest BCUT2D eigenvalue weighted by Crippen LogP contribution is -2.43. The fraction of sp³-hybridized carbons (Fsp3) is 0.409. The Morgan fingerprint density at radius 3 is 2.40 bits per heavy atom. The van der Waals surface area contributed by atoms with Crippen molar-refractivity contribution in [2.45, 2.75) is 63.0 Å². The van der Waals surface area contributed by atoms with Gasteiger partial charge in [-0.1, -0.05) is 36.9 Å². The molecule has 30 heavy (non-hydrogen) atoms. The molecule has 2 aromatic carbocycles. The molecule has 2 N–H and O–H groups in total. The molecule has 1 aliphatic rings. The third kappa shape index (κ3) is 5.89. The normalized spacial score (nSPS) is 16.0. The van der Waals surface area contributed by atoms with Gasteiger partial charge in [0.25, 0.3) is 15.9 Å². The average molecular weight is 451 g/mol. The second-order valence-corrected chi connectivity index (χ2v) is 9.73. The zero-order valence-electron chi connectivity index (χ0n) is 17.2. The van der Waals surface area contributed by atoms with Gasteiger partial charge in [0.05, 0.1) is 10.6 Å². The van der Waals surface area contributed by atoms with Crippen LogP contribution < -0.4 is 14.8 Å². The fourth-order valence-electron chi connectivity index (χ4n) is 3.39. The Bertz CT molecular complexity index is 987. The van der Waals surface area contributed by atoms with Gasteiger partial charge in [-0.2, -0.15) is 0 Å². The van der Waals surface area contributed by atoms with Crippen LogP contribution in [-0.2, 0) is 14.8 Å². The molecular formula is C22H27ClN2O4S. The van der Waals surface area contributed by atoms with Gasteiger partial charge >= 0.3 is 0 Å². The van der Waals surface area contributed by atoms with E-state index in [0.717, 1.165) is 31.2 Å². The minimum absolute atomic E-state index is 0.0888. The van der Waals surface area contributed by atoms with Crippen molar-refractivity contribution in [3.63, 3.8) is 0 Å². The standard InChI is InChI=1S/C22H27ClN2O4S/c1-15-8-9-18(14-21(15)23)25-30(27,28)20-12-10-19(11-13-20)29-16(2)22(26)24-17-6-4-3-5-7-17/h8-14,16-17,25H,3-7H2,1-2H3,(H,24,26)/t16-/m1/s1. The number of carbonyl (C=O) groups is 1. The predicted molar refractivity (Wildman–Crippen MR) is 119 cm³/mol. The van der Waals surface area contributed by atoms with E-state index in [4.69, 9.17) is 16.3 Å². The first-order valence-corrected chi connectivity index (χ1v) is 12.0. The predicted octanol–water partition coefficient (Wildman–Crippen LogP) is 4.67. The molecule has 8 heteroatoms. The molecule has 0 unspecified atom stereocenters. The van der Waals surface area contributed by atoms with E-state index in [0.29, 0.717) is 16.5 Å². The Morgan fingerprint density at radius 1 is 1.10 bits per heavy atom. The summed E-state index contributed by atoms with van der Waals surface area (Å²) >= 11 is 6.06. The van der Waals surface area contributed by atoms with Crippen molar-refractivity contribution in [3.8, 4) is 5.75 Å². The van der Waals surface area contributed by atoms with Crippen LogP contribution in [0.1, 0.15) is 44.6 Å². The van der Waals surface area contributed by atoms with Gasteiger partial charge in [-0.05, 0) is 68.7 Å². The quantitative estimate of drug-likeness (QED) is 0.642. The molecule has 2 aromatic rings. The van der Waals surface area contributed by atoms with E-state index in [2.05, 4.69) is 10.0 Å². The summed E-state index contributed by atoms with van der Waals surface area (Å²) in [4.78, 5) is 12.4. The molecule has 3 rings (SSSR count). The molecular weight excluding hydrogens is 424 g/mol. The van der Waals surface area contributed by atoms with Gasteiger partial charge in [0, 0.05) is 11.1 Å². The van der Waals surface area contributed by atoms with Gasteiger partial charge < -0.3 is 10.1 Å². The van der Waals surface area contributed by atoms with Gasteiger partial charge in [-0.3, -0.25) is 9.52 Å². The number of benzene rings is 2. The van der Waals surface area contributed by atoms with Gasteiger partial charge in [0.2, 0.25) is 0 Å². The highest BCUT2D eigenvalue weighted by Crippen LogP contribution is 2.24. The Hall–Kier alpha value is -2.25. The van der Waals surface area contributed by atoms with Crippen molar-refractivity contribution in [1.29, 1.82) is 0 Å². The van der Waals surface area contributed by atoms with Crippen molar-refractivity contribution < 1.29 is 17.9 Å². The highest BCUT2D eigenvalue weighted by Gasteiger charge is 2.21. The summed E-state index contributed by atoms with van der Waals surface area (Å²) in [6, 6.07) is 11.2. The third-order valence-electron chi connectivity index (χ3n) is 5.19. The largest absolute Gasteiger partial charge is 0.481 e. The number of nitrogens with one attached hydrogen (secondary N) is 2. The van der Waals surface area contributed by atoms with Crippen LogP contribution >= 0.6 is 11.6 Å². The number of amides is 1. The third-order valence-corrected chi connectivity index (χ3v) is 7.00. The molecule has 162 valence electrons. The number of anilines is 1. The van der Waals surface area contributed by atoms with Crippen molar-refractivity contribution >= 4 is 33.2 Å². The van der Waals surface area contributed by atoms with Crippen LogP contribution in [0.5, 0.6) is 5.75 Å². The maximum Gasteiger partial charge on any atom is 0.261 e. The molecule has 1 saturated carbocycles. The molecule has 0 aliphatic heterocycles. The number of rotatable bonds is 7. The first-order chi connectivity index (χ1) is 14.2. The van der Waals surface area contributed by atoms with Crippen molar-refractivity contribution in [2.75, 3.05) is 4.72 Å². The first kappa shape index (κ1) is 22.4. The molecule has 0 radical (unpaired) electrons. The van der Waals surface area contributed by atoms with Gasteiger partial charge in [-0.15, -0.1) is 0 Å².